The van der Waals surface area contributed by atoms with Crippen molar-refractivity contribution in [2.24, 2.45) is 11.7 Å². The molecule has 0 fully saturated rings. The van der Waals surface area contributed by atoms with E-state index in [0.717, 1.165) is 19.3 Å². The first-order valence-electron chi connectivity index (χ1n) is 7.10. The van der Waals surface area contributed by atoms with E-state index in [9.17, 15) is 9.59 Å². The highest BCUT2D eigenvalue weighted by molar-refractivity contribution is 5.78. The molecule has 5 nitrogen and oxygen atoms in total. The SMILES string of the molecule is CC(N)CCCC(C)C(=O)NC(C)CCCC(=O)O. The second-order valence-corrected chi connectivity index (χ2v) is 5.50. The Morgan fingerprint density at radius 3 is 2.26 bits per heavy atom. The number of hydrogen-bond donors (Lipinski definition) is 3. The van der Waals surface area contributed by atoms with E-state index in [1.165, 1.54) is 0 Å². The standard InChI is InChI=1S/C14H28N2O3/c1-10(6-4-7-11(2)15)14(19)16-12(3)8-5-9-13(17)18/h10-12H,4-9,15H2,1-3H3,(H,16,19)(H,17,18). The Balaban J connectivity index is 3.78. The molecule has 0 aromatic rings. The largest absolute Gasteiger partial charge is 0.481 e. The van der Waals surface area contributed by atoms with Crippen LogP contribution in [0.4, 0.5) is 0 Å². The Bertz CT molecular complexity index is 280. The Morgan fingerprint density at radius 2 is 1.74 bits per heavy atom. The van der Waals surface area contributed by atoms with E-state index < -0.39 is 5.97 Å². The third kappa shape index (κ3) is 10.5. The van der Waals surface area contributed by atoms with Gasteiger partial charge in [-0.05, 0) is 39.5 Å². The van der Waals surface area contributed by atoms with Crippen LogP contribution in [0.2, 0.25) is 0 Å². The topological polar surface area (TPSA) is 92.4 Å². The van der Waals surface area contributed by atoms with Crippen LogP contribution in [0.1, 0.15) is 59.3 Å². The highest BCUT2D eigenvalue weighted by Crippen LogP contribution is 2.10. The minimum absolute atomic E-state index is 0.0133. The molecule has 0 heterocycles. The maximum Gasteiger partial charge on any atom is 0.303 e. The van der Waals surface area contributed by atoms with Gasteiger partial charge in [-0.1, -0.05) is 13.3 Å². The molecule has 0 saturated carbocycles. The van der Waals surface area contributed by atoms with E-state index in [2.05, 4.69) is 5.32 Å². The average Bonchev–Trinajstić information content (AvgIpc) is 2.27. The van der Waals surface area contributed by atoms with Crippen molar-refractivity contribution >= 4 is 11.9 Å². The van der Waals surface area contributed by atoms with Gasteiger partial charge in [0.2, 0.25) is 5.91 Å². The fourth-order valence-corrected chi connectivity index (χ4v) is 1.89. The lowest BCUT2D eigenvalue weighted by atomic mass is 10.0. The van der Waals surface area contributed by atoms with Gasteiger partial charge in [0.15, 0.2) is 0 Å². The van der Waals surface area contributed by atoms with Crippen molar-refractivity contribution in [2.75, 3.05) is 0 Å². The van der Waals surface area contributed by atoms with E-state index in [-0.39, 0.29) is 30.3 Å². The molecule has 5 heteroatoms. The Hall–Kier alpha value is -1.10. The predicted octanol–water partition coefficient (Wildman–Crippen LogP) is 1.90. The fraction of sp³-hybridized carbons (Fsp3) is 0.857. The summed E-state index contributed by atoms with van der Waals surface area (Å²) >= 11 is 0. The minimum Gasteiger partial charge on any atom is -0.481 e. The van der Waals surface area contributed by atoms with Crippen molar-refractivity contribution in [2.45, 2.75) is 71.4 Å². The summed E-state index contributed by atoms with van der Waals surface area (Å²) in [5.74, 6) is -0.754. The smallest absolute Gasteiger partial charge is 0.303 e. The van der Waals surface area contributed by atoms with Gasteiger partial charge in [0.05, 0.1) is 0 Å². The number of carboxylic acids is 1. The molecule has 0 aliphatic carbocycles. The van der Waals surface area contributed by atoms with Gasteiger partial charge in [-0.3, -0.25) is 9.59 Å². The van der Waals surface area contributed by atoms with E-state index >= 15 is 0 Å². The summed E-state index contributed by atoms with van der Waals surface area (Å²) in [4.78, 5) is 22.3. The molecular weight excluding hydrogens is 244 g/mol. The van der Waals surface area contributed by atoms with Crippen LogP contribution in [0.5, 0.6) is 0 Å². The molecular formula is C14H28N2O3. The lowest BCUT2D eigenvalue weighted by molar-refractivity contribution is -0.137. The zero-order chi connectivity index (χ0) is 14.8. The van der Waals surface area contributed by atoms with E-state index in [1.54, 1.807) is 0 Å². The summed E-state index contributed by atoms with van der Waals surface area (Å²) in [6.45, 7) is 5.80. The van der Waals surface area contributed by atoms with Crippen molar-refractivity contribution in [3.63, 3.8) is 0 Å². The van der Waals surface area contributed by atoms with Crippen molar-refractivity contribution in [1.29, 1.82) is 0 Å². The van der Waals surface area contributed by atoms with E-state index in [4.69, 9.17) is 10.8 Å². The molecule has 0 spiro atoms. The normalized spacial score (nSPS) is 15.6. The molecule has 0 aromatic heterocycles. The maximum absolute atomic E-state index is 11.9. The molecule has 0 rings (SSSR count). The highest BCUT2D eigenvalue weighted by Gasteiger charge is 2.15. The minimum atomic E-state index is -0.789. The molecule has 0 bridgehead atoms. The summed E-state index contributed by atoms with van der Waals surface area (Å²) in [5, 5.41) is 11.5. The summed E-state index contributed by atoms with van der Waals surface area (Å²) in [6, 6.07) is 0.216. The monoisotopic (exact) mass is 272 g/mol. The predicted molar refractivity (Wildman–Crippen MR) is 75.8 cm³/mol. The van der Waals surface area contributed by atoms with Gasteiger partial charge in [-0.15, -0.1) is 0 Å². The summed E-state index contributed by atoms with van der Waals surface area (Å²) in [5.41, 5.74) is 5.67. The van der Waals surface area contributed by atoms with Crippen LogP contribution in [-0.2, 0) is 9.59 Å². The number of aliphatic carboxylic acids is 1. The molecule has 4 N–H and O–H groups in total. The van der Waals surface area contributed by atoms with E-state index in [0.29, 0.717) is 12.8 Å². The maximum atomic E-state index is 11.9. The number of carboxylic acid groups (broad SMARTS) is 1. The third-order valence-corrected chi connectivity index (χ3v) is 3.16. The first-order chi connectivity index (χ1) is 8.82. The second kappa shape index (κ2) is 9.78. The molecule has 0 aliphatic rings. The van der Waals surface area contributed by atoms with Gasteiger partial charge >= 0.3 is 5.97 Å². The molecule has 112 valence electrons. The Morgan fingerprint density at radius 1 is 1.11 bits per heavy atom. The van der Waals surface area contributed by atoms with Gasteiger partial charge in [0, 0.05) is 24.4 Å². The van der Waals surface area contributed by atoms with Crippen LogP contribution in [0, 0.1) is 5.92 Å². The molecule has 1 amide bonds. The molecule has 19 heavy (non-hydrogen) atoms. The number of hydrogen-bond acceptors (Lipinski definition) is 3. The van der Waals surface area contributed by atoms with Crippen LogP contribution in [0.3, 0.4) is 0 Å². The zero-order valence-corrected chi connectivity index (χ0v) is 12.3. The molecule has 0 aromatic carbocycles. The third-order valence-electron chi connectivity index (χ3n) is 3.16. The van der Waals surface area contributed by atoms with Gasteiger partial charge in [0.25, 0.3) is 0 Å². The molecule has 0 aliphatic heterocycles. The van der Waals surface area contributed by atoms with Gasteiger partial charge in [-0.2, -0.15) is 0 Å². The first-order valence-corrected chi connectivity index (χ1v) is 7.10. The Labute approximate surface area is 115 Å². The van der Waals surface area contributed by atoms with Crippen molar-refractivity contribution < 1.29 is 14.7 Å². The summed E-state index contributed by atoms with van der Waals surface area (Å²) in [7, 11) is 0. The lowest BCUT2D eigenvalue weighted by Gasteiger charge is -2.17. The van der Waals surface area contributed by atoms with Crippen molar-refractivity contribution in [3.8, 4) is 0 Å². The average molecular weight is 272 g/mol. The van der Waals surface area contributed by atoms with Crippen LogP contribution < -0.4 is 11.1 Å². The number of nitrogens with one attached hydrogen (secondary N) is 1. The van der Waals surface area contributed by atoms with E-state index in [1.807, 2.05) is 20.8 Å². The molecule has 3 unspecified atom stereocenters. The number of carbonyl (C=O) groups excluding carboxylic acids is 1. The lowest BCUT2D eigenvalue weighted by Crippen LogP contribution is -2.36. The summed E-state index contributed by atoms with van der Waals surface area (Å²) in [6.07, 6.45) is 4.19. The van der Waals surface area contributed by atoms with Crippen LogP contribution in [-0.4, -0.2) is 29.1 Å². The molecule has 0 saturated heterocycles. The molecule has 0 radical (unpaired) electrons. The fourth-order valence-electron chi connectivity index (χ4n) is 1.89. The number of amides is 1. The zero-order valence-electron chi connectivity index (χ0n) is 12.3. The van der Waals surface area contributed by atoms with Crippen LogP contribution >= 0.6 is 0 Å². The number of nitrogens with two attached hydrogens (primary N) is 1. The van der Waals surface area contributed by atoms with Crippen LogP contribution in [0.15, 0.2) is 0 Å². The second-order valence-electron chi connectivity index (χ2n) is 5.50. The highest BCUT2D eigenvalue weighted by atomic mass is 16.4. The molecule has 3 atom stereocenters. The number of carbonyl (C=O) groups is 2. The van der Waals surface area contributed by atoms with Crippen molar-refractivity contribution in [1.82, 2.24) is 5.32 Å². The van der Waals surface area contributed by atoms with Gasteiger partial charge in [0.1, 0.15) is 0 Å². The van der Waals surface area contributed by atoms with Crippen molar-refractivity contribution in [3.05, 3.63) is 0 Å². The Kier molecular flexibility index (Phi) is 9.21. The van der Waals surface area contributed by atoms with Crippen LogP contribution in [0.25, 0.3) is 0 Å². The first kappa shape index (κ1) is 17.9. The summed E-state index contributed by atoms with van der Waals surface area (Å²) < 4.78 is 0. The van der Waals surface area contributed by atoms with Gasteiger partial charge < -0.3 is 16.2 Å². The number of rotatable bonds is 10. The van der Waals surface area contributed by atoms with Gasteiger partial charge in [-0.25, -0.2) is 0 Å². The quantitative estimate of drug-likeness (QED) is 0.566.